The van der Waals surface area contributed by atoms with Crippen LogP contribution in [0.3, 0.4) is 0 Å². The Bertz CT molecular complexity index is 851. The normalized spacial score (nSPS) is 19.6. The largest absolute Gasteiger partial charge is 0.429 e. The van der Waals surface area contributed by atoms with E-state index < -0.39 is 35.7 Å². The average molecular weight is 430 g/mol. The van der Waals surface area contributed by atoms with Gasteiger partial charge in [0.15, 0.2) is 17.4 Å². The van der Waals surface area contributed by atoms with Crippen molar-refractivity contribution in [3.8, 4) is 11.5 Å². The number of hydrogen-bond acceptors (Lipinski definition) is 2. The molecule has 2 aromatic rings. The van der Waals surface area contributed by atoms with E-state index in [0.717, 1.165) is 31.2 Å². The molecule has 30 heavy (non-hydrogen) atoms. The van der Waals surface area contributed by atoms with Crippen molar-refractivity contribution in [2.24, 2.45) is 5.92 Å². The van der Waals surface area contributed by atoms with Crippen molar-refractivity contribution < 1.29 is 35.8 Å². The molecule has 0 amide bonds. The first-order chi connectivity index (χ1) is 14.2. The van der Waals surface area contributed by atoms with E-state index in [0.29, 0.717) is 11.8 Å². The highest BCUT2D eigenvalue weighted by Gasteiger charge is 2.37. The molecule has 2 nitrogen and oxygen atoms in total. The minimum atomic E-state index is -4.09. The zero-order valence-electron chi connectivity index (χ0n) is 15.9. The second-order valence-corrected chi connectivity index (χ2v) is 7.18. The van der Waals surface area contributed by atoms with Crippen molar-refractivity contribution in [3.63, 3.8) is 0 Å². The second-order valence-electron chi connectivity index (χ2n) is 7.18. The van der Waals surface area contributed by atoms with Gasteiger partial charge in [-0.15, -0.1) is 6.58 Å². The van der Waals surface area contributed by atoms with Crippen LogP contribution in [0.5, 0.6) is 11.5 Å². The van der Waals surface area contributed by atoms with Crippen LogP contribution in [-0.4, -0.2) is 6.61 Å². The first-order valence-corrected chi connectivity index (χ1v) is 9.43. The Hall–Kier alpha value is -2.64. The Morgan fingerprint density at radius 2 is 1.53 bits per heavy atom. The third-order valence-electron chi connectivity index (χ3n) is 5.24. The molecule has 1 aliphatic carbocycles. The minimum absolute atomic E-state index is 0.197. The number of ether oxygens (including phenoxy) is 2. The number of halogens is 6. The first-order valence-electron chi connectivity index (χ1n) is 9.43. The molecule has 1 fully saturated rings. The lowest BCUT2D eigenvalue weighted by atomic mass is 9.79. The lowest BCUT2D eigenvalue weighted by Crippen LogP contribution is -2.23. The van der Waals surface area contributed by atoms with Crippen molar-refractivity contribution in [2.45, 2.75) is 44.3 Å². The number of hydrogen-bond donors (Lipinski definition) is 0. The second kappa shape index (κ2) is 9.02. The lowest BCUT2D eigenvalue weighted by molar-refractivity contribution is -0.185. The summed E-state index contributed by atoms with van der Waals surface area (Å²) in [5.41, 5.74) is -0.162. The predicted octanol–water partition coefficient (Wildman–Crippen LogP) is 7.15. The molecule has 0 unspecified atom stereocenters. The molecule has 0 spiro atoms. The number of benzene rings is 2. The molecule has 0 aliphatic heterocycles. The summed E-state index contributed by atoms with van der Waals surface area (Å²) in [4.78, 5) is 0. The molecule has 2 aromatic carbocycles. The zero-order valence-corrected chi connectivity index (χ0v) is 15.9. The van der Waals surface area contributed by atoms with Crippen LogP contribution in [0.25, 0.3) is 0 Å². The van der Waals surface area contributed by atoms with Gasteiger partial charge in [0, 0.05) is 0 Å². The van der Waals surface area contributed by atoms with Crippen LogP contribution < -0.4 is 9.47 Å². The maximum atomic E-state index is 14.4. The van der Waals surface area contributed by atoms with Crippen LogP contribution in [0.1, 0.15) is 42.7 Å². The summed E-state index contributed by atoms with van der Waals surface area (Å²) in [6.45, 7) is 0.308. The van der Waals surface area contributed by atoms with Gasteiger partial charge in [0.2, 0.25) is 0 Å². The SMILES string of the molecule is C=CC1CCC(c2ccc(OC(F)(F)c3cc(F)c(OC(F)F)c(F)c3)cc2)CC1. The Labute approximate surface area is 170 Å². The van der Waals surface area contributed by atoms with Gasteiger partial charge in [0.1, 0.15) is 5.75 Å². The van der Waals surface area contributed by atoms with Gasteiger partial charge >= 0.3 is 12.7 Å². The van der Waals surface area contributed by atoms with Crippen molar-refractivity contribution in [3.05, 3.63) is 71.8 Å². The van der Waals surface area contributed by atoms with Gasteiger partial charge in [-0.05, 0) is 67.3 Å². The van der Waals surface area contributed by atoms with Gasteiger partial charge < -0.3 is 9.47 Å². The quantitative estimate of drug-likeness (QED) is 0.343. The maximum Gasteiger partial charge on any atom is 0.426 e. The van der Waals surface area contributed by atoms with E-state index in [4.69, 9.17) is 0 Å². The summed E-state index contributed by atoms with van der Waals surface area (Å²) in [7, 11) is 0. The summed E-state index contributed by atoms with van der Waals surface area (Å²) in [5, 5.41) is 0. The van der Waals surface area contributed by atoms with Gasteiger partial charge in [-0.3, -0.25) is 0 Å². The molecule has 0 saturated heterocycles. The highest BCUT2D eigenvalue weighted by molar-refractivity contribution is 5.35. The molecular weight excluding hydrogens is 410 g/mol. The van der Waals surface area contributed by atoms with Gasteiger partial charge in [-0.25, -0.2) is 8.78 Å². The predicted molar refractivity (Wildman–Crippen MR) is 98.9 cm³/mol. The van der Waals surface area contributed by atoms with Gasteiger partial charge in [0.25, 0.3) is 0 Å². The summed E-state index contributed by atoms with van der Waals surface area (Å²) in [6.07, 6.45) is 1.85. The van der Waals surface area contributed by atoms with E-state index in [9.17, 15) is 26.3 Å². The zero-order chi connectivity index (χ0) is 21.9. The van der Waals surface area contributed by atoms with Crippen LogP contribution in [0.15, 0.2) is 49.1 Å². The van der Waals surface area contributed by atoms with Crippen LogP contribution in [-0.2, 0) is 6.11 Å². The van der Waals surface area contributed by atoms with E-state index in [2.05, 4.69) is 16.1 Å². The smallest absolute Gasteiger partial charge is 0.426 e. The molecule has 3 rings (SSSR count). The van der Waals surface area contributed by atoms with Crippen LogP contribution in [0.4, 0.5) is 26.3 Å². The fourth-order valence-corrected chi connectivity index (χ4v) is 3.63. The van der Waals surface area contributed by atoms with Crippen molar-refractivity contribution in [1.29, 1.82) is 0 Å². The van der Waals surface area contributed by atoms with E-state index in [1.54, 1.807) is 12.1 Å². The molecule has 0 bridgehead atoms. The lowest BCUT2D eigenvalue weighted by Gasteiger charge is -2.27. The maximum absolute atomic E-state index is 14.4. The third-order valence-corrected chi connectivity index (χ3v) is 5.24. The number of allylic oxidation sites excluding steroid dienone is 1. The molecule has 0 aromatic heterocycles. The molecule has 8 heteroatoms. The van der Waals surface area contributed by atoms with E-state index >= 15 is 0 Å². The Balaban J connectivity index is 1.71. The average Bonchev–Trinajstić information content (AvgIpc) is 2.71. The Morgan fingerprint density at radius 3 is 2.03 bits per heavy atom. The van der Waals surface area contributed by atoms with E-state index in [-0.39, 0.29) is 17.9 Å². The van der Waals surface area contributed by atoms with E-state index in [1.165, 1.54) is 12.1 Å². The molecule has 1 saturated carbocycles. The third kappa shape index (κ3) is 5.09. The number of rotatable bonds is 7. The van der Waals surface area contributed by atoms with Gasteiger partial charge in [-0.2, -0.15) is 17.6 Å². The summed E-state index contributed by atoms with van der Waals surface area (Å²) in [5.74, 6) is -4.17. The standard InChI is InChI=1S/C22H20F6O2/c1-2-13-3-5-14(6-4-13)15-7-9-17(10-8-15)30-22(27,28)16-11-18(23)20(19(24)12-16)29-21(25)26/h2,7-14,21H,1,3-6H2. The van der Waals surface area contributed by atoms with Crippen LogP contribution in [0, 0.1) is 17.6 Å². The summed E-state index contributed by atoms with van der Waals surface area (Å²) >= 11 is 0. The first kappa shape index (κ1) is 22.1. The Morgan fingerprint density at radius 1 is 0.967 bits per heavy atom. The molecule has 1 aliphatic rings. The molecule has 0 radical (unpaired) electrons. The fraction of sp³-hybridized carbons (Fsp3) is 0.364. The molecule has 0 N–H and O–H groups in total. The van der Waals surface area contributed by atoms with Crippen LogP contribution >= 0.6 is 0 Å². The molecule has 0 heterocycles. The molecule has 162 valence electrons. The monoisotopic (exact) mass is 430 g/mol. The van der Waals surface area contributed by atoms with Gasteiger partial charge in [0.05, 0.1) is 5.56 Å². The summed E-state index contributed by atoms with van der Waals surface area (Å²) in [6, 6.07) is 6.50. The summed E-state index contributed by atoms with van der Waals surface area (Å²) < 4.78 is 88.9. The number of alkyl halides is 4. The minimum Gasteiger partial charge on any atom is -0.429 e. The molecule has 0 atom stereocenters. The molecular formula is C22H20F6O2. The van der Waals surface area contributed by atoms with Crippen LogP contribution in [0.2, 0.25) is 0 Å². The topological polar surface area (TPSA) is 18.5 Å². The Kier molecular flexibility index (Phi) is 6.63. The van der Waals surface area contributed by atoms with Crippen molar-refractivity contribution >= 4 is 0 Å². The van der Waals surface area contributed by atoms with Crippen molar-refractivity contribution in [1.82, 2.24) is 0 Å². The van der Waals surface area contributed by atoms with Gasteiger partial charge in [-0.1, -0.05) is 18.2 Å². The fourth-order valence-electron chi connectivity index (χ4n) is 3.63. The van der Waals surface area contributed by atoms with Crippen molar-refractivity contribution in [2.75, 3.05) is 0 Å². The van der Waals surface area contributed by atoms with E-state index in [1.807, 2.05) is 6.08 Å². The highest BCUT2D eigenvalue weighted by atomic mass is 19.3. The highest BCUT2D eigenvalue weighted by Crippen LogP contribution is 2.38.